The van der Waals surface area contributed by atoms with Crippen molar-refractivity contribution >= 4 is 22.7 Å². The maximum atomic E-state index is 11.8. The predicted molar refractivity (Wildman–Crippen MR) is 75.7 cm³/mol. The van der Waals surface area contributed by atoms with Gasteiger partial charge in [-0.3, -0.25) is 9.36 Å². The first-order valence-electron chi connectivity index (χ1n) is 6.73. The molecule has 106 valence electrons. The largest absolute Gasteiger partial charge is 0.419 e. The number of amides is 1. The number of hydrogen-bond donors (Lipinski definition) is 2. The Morgan fingerprint density at radius 2 is 2.25 bits per heavy atom. The molecule has 2 N–H and O–H groups in total. The number of fused-ring (bicyclic) bond motifs is 1. The summed E-state index contributed by atoms with van der Waals surface area (Å²) in [5.41, 5.74) is 1.84. The summed E-state index contributed by atoms with van der Waals surface area (Å²) in [4.78, 5) is 23.2. The number of nitrogens with one attached hydrogen (secondary N) is 2. The highest BCUT2D eigenvalue weighted by molar-refractivity contribution is 5.94. The van der Waals surface area contributed by atoms with Crippen LogP contribution in [0.4, 0.5) is 5.69 Å². The number of oxazole rings is 1. The molecule has 0 radical (unpaired) electrons. The molecule has 0 bridgehead atoms. The molecule has 0 atom stereocenters. The topological polar surface area (TPSA) is 76.3 Å². The van der Waals surface area contributed by atoms with Gasteiger partial charge in [0.1, 0.15) is 0 Å². The quantitative estimate of drug-likeness (QED) is 0.855. The number of aryl methyl sites for hydroxylation is 1. The molecule has 2 aromatic rings. The molecule has 0 saturated heterocycles. The molecule has 0 aliphatic heterocycles. The lowest BCUT2D eigenvalue weighted by molar-refractivity contribution is -0.115. The number of carbonyl (C=O) groups is 1. The molecule has 1 aliphatic carbocycles. The van der Waals surface area contributed by atoms with Crippen molar-refractivity contribution in [3.8, 4) is 0 Å². The van der Waals surface area contributed by atoms with Gasteiger partial charge in [0, 0.05) is 12.7 Å². The first-order chi connectivity index (χ1) is 9.63. The van der Waals surface area contributed by atoms with Crippen LogP contribution < -0.4 is 16.4 Å². The minimum Gasteiger partial charge on any atom is -0.408 e. The Hall–Kier alpha value is -2.08. The highest BCUT2D eigenvalue weighted by atomic mass is 16.4. The van der Waals surface area contributed by atoms with Crippen molar-refractivity contribution in [2.75, 3.05) is 18.4 Å². The van der Waals surface area contributed by atoms with E-state index in [0.29, 0.717) is 23.3 Å². The highest BCUT2D eigenvalue weighted by Crippen LogP contribution is 2.27. The summed E-state index contributed by atoms with van der Waals surface area (Å²) in [5, 5.41) is 5.94. The third-order valence-corrected chi connectivity index (χ3v) is 3.49. The SMILES string of the molecule is Cn1c(=O)oc2ccc(NC(=O)CNCC3CC3)cc21. The maximum absolute atomic E-state index is 11.8. The molecule has 1 aromatic heterocycles. The third-order valence-electron chi connectivity index (χ3n) is 3.49. The number of rotatable bonds is 5. The van der Waals surface area contributed by atoms with Crippen molar-refractivity contribution in [2.45, 2.75) is 12.8 Å². The van der Waals surface area contributed by atoms with Crippen LogP contribution >= 0.6 is 0 Å². The van der Waals surface area contributed by atoms with E-state index in [1.807, 2.05) is 0 Å². The van der Waals surface area contributed by atoms with E-state index < -0.39 is 5.76 Å². The Morgan fingerprint density at radius 1 is 1.45 bits per heavy atom. The molecule has 1 saturated carbocycles. The number of hydrogen-bond acceptors (Lipinski definition) is 4. The lowest BCUT2D eigenvalue weighted by atomic mass is 10.3. The second-order valence-corrected chi connectivity index (χ2v) is 5.23. The van der Waals surface area contributed by atoms with Crippen LogP contribution in [-0.4, -0.2) is 23.6 Å². The van der Waals surface area contributed by atoms with Gasteiger partial charge in [0.25, 0.3) is 0 Å². The van der Waals surface area contributed by atoms with E-state index in [1.165, 1.54) is 17.4 Å². The number of aromatic nitrogens is 1. The normalized spacial score (nSPS) is 14.7. The Kier molecular flexibility index (Phi) is 3.31. The minimum absolute atomic E-state index is 0.0847. The molecule has 20 heavy (non-hydrogen) atoms. The van der Waals surface area contributed by atoms with Crippen LogP contribution in [0.2, 0.25) is 0 Å². The summed E-state index contributed by atoms with van der Waals surface area (Å²) in [7, 11) is 1.64. The van der Waals surface area contributed by atoms with Gasteiger partial charge in [-0.05, 0) is 43.5 Å². The van der Waals surface area contributed by atoms with Crippen LogP contribution in [0.25, 0.3) is 11.1 Å². The zero-order valence-corrected chi connectivity index (χ0v) is 11.3. The van der Waals surface area contributed by atoms with Gasteiger partial charge < -0.3 is 15.1 Å². The van der Waals surface area contributed by atoms with E-state index in [9.17, 15) is 9.59 Å². The monoisotopic (exact) mass is 275 g/mol. The predicted octanol–water partition coefficient (Wildman–Crippen LogP) is 1.07. The third kappa shape index (κ3) is 2.75. The molecule has 6 nitrogen and oxygen atoms in total. The van der Waals surface area contributed by atoms with Gasteiger partial charge >= 0.3 is 5.76 Å². The summed E-state index contributed by atoms with van der Waals surface area (Å²) >= 11 is 0. The molecular formula is C14H17N3O3. The number of anilines is 1. The van der Waals surface area contributed by atoms with E-state index in [-0.39, 0.29) is 5.91 Å². The zero-order valence-electron chi connectivity index (χ0n) is 11.3. The van der Waals surface area contributed by atoms with Crippen molar-refractivity contribution < 1.29 is 9.21 Å². The molecule has 1 aromatic carbocycles. The van der Waals surface area contributed by atoms with Crippen LogP contribution in [-0.2, 0) is 11.8 Å². The van der Waals surface area contributed by atoms with Gasteiger partial charge in [0.05, 0.1) is 12.1 Å². The average Bonchev–Trinajstić information content (AvgIpc) is 3.19. The molecule has 6 heteroatoms. The Morgan fingerprint density at radius 3 is 3.00 bits per heavy atom. The standard InChI is InChI=1S/C14H17N3O3/c1-17-11-6-10(4-5-12(11)20-14(17)19)16-13(18)8-15-7-9-2-3-9/h4-6,9,15H,2-3,7-8H2,1H3,(H,16,18). The second-order valence-electron chi connectivity index (χ2n) is 5.23. The minimum atomic E-state index is -0.408. The van der Waals surface area contributed by atoms with Crippen LogP contribution in [0.1, 0.15) is 12.8 Å². The van der Waals surface area contributed by atoms with Gasteiger partial charge in [-0.2, -0.15) is 0 Å². The molecule has 1 heterocycles. The lowest BCUT2D eigenvalue weighted by Crippen LogP contribution is -2.29. The van der Waals surface area contributed by atoms with Gasteiger partial charge in [-0.1, -0.05) is 0 Å². The lowest BCUT2D eigenvalue weighted by Gasteiger charge is -2.06. The maximum Gasteiger partial charge on any atom is 0.419 e. The van der Waals surface area contributed by atoms with Gasteiger partial charge in [0.15, 0.2) is 5.58 Å². The van der Waals surface area contributed by atoms with Crippen molar-refractivity contribution in [3.63, 3.8) is 0 Å². The van der Waals surface area contributed by atoms with Crippen LogP contribution in [0.15, 0.2) is 27.4 Å². The Balaban J connectivity index is 1.65. The Bertz CT molecular complexity index is 697. The fourth-order valence-corrected chi connectivity index (χ4v) is 2.12. The average molecular weight is 275 g/mol. The zero-order chi connectivity index (χ0) is 14.1. The van der Waals surface area contributed by atoms with Crippen molar-refractivity contribution in [3.05, 3.63) is 28.7 Å². The molecule has 1 fully saturated rings. The summed E-state index contributed by atoms with van der Waals surface area (Å²) < 4.78 is 6.45. The number of carbonyl (C=O) groups excluding carboxylic acids is 1. The van der Waals surface area contributed by atoms with Crippen LogP contribution in [0, 0.1) is 5.92 Å². The van der Waals surface area contributed by atoms with E-state index in [4.69, 9.17) is 4.42 Å². The van der Waals surface area contributed by atoms with E-state index >= 15 is 0 Å². The Labute approximate surface area is 115 Å². The van der Waals surface area contributed by atoms with Crippen LogP contribution in [0.5, 0.6) is 0 Å². The molecular weight excluding hydrogens is 258 g/mol. The first-order valence-corrected chi connectivity index (χ1v) is 6.73. The number of nitrogens with zero attached hydrogens (tertiary/aromatic N) is 1. The second kappa shape index (κ2) is 5.13. The molecule has 3 rings (SSSR count). The van der Waals surface area contributed by atoms with Crippen LogP contribution in [0.3, 0.4) is 0 Å². The molecule has 1 amide bonds. The van der Waals surface area contributed by atoms with Gasteiger partial charge in [-0.15, -0.1) is 0 Å². The van der Waals surface area contributed by atoms with Gasteiger partial charge in [0.2, 0.25) is 5.91 Å². The van der Waals surface area contributed by atoms with Gasteiger partial charge in [-0.25, -0.2) is 4.79 Å². The van der Waals surface area contributed by atoms with Crippen molar-refractivity contribution in [2.24, 2.45) is 13.0 Å². The molecule has 0 unspecified atom stereocenters. The summed E-state index contributed by atoms with van der Waals surface area (Å²) in [6.07, 6.45) is 2.53. The van der Waals surface area contributed by atoms with Crippen molar-refractivity contribution in [1.29, 1.82) is 0 Å². The van der Waals surface area contributed by atoms with E-state index in [2.05, 4.69) is 10.6 Å². The van der Waals surface area contributed by atoms with E-state index in [0.717, 1.165) is 12.5 Å². The summed E-state index contributed by atoms with van der Waals surface area (Å²) in [6, 6.07) is 5.15. The first kappa shape index (κ1) is 12.9. The highest BCUT2D eigenvalue weighted by Gasteiger charge is 2.20. The summed E-state index contributed by atoms with van der Waals surface area (Å²) in [5.74, 6) is 0.257. The van der Waals surface area contributed by atoms with Crippen molar-refractivity contribution in [1.82, 2.24) is 9.88 Å². The summed E-state index contributed by atoms with van der Waals surface area (Å²) in [6.45, 7) is 1.21. The fraction of sp³-hybridized carbons (Fsp3) is 0.429. The molecule has 1 aliphatic rings. The number of benzene rings is 1. The fourth-order valence-electron chi connectivity index (χ4n) is 2.12. The smallest absolute Gasteiger partial charge is 0.408 e. The van der Waals surface area contributed by atoms with E-state index in [1.54, 1.807) is 25.2 Å². The molecule has 0 spiro atoms.